The summed E-state index contributed by atoms with van der Waals surface area (Å²) < 4.78 is 4.85. The van der Waals surface area contributed by atoms with E-state index in [0.717, 1.165) is 7.41 Å². The Morgan fingerprint density at radius 3 is 3.00 bits per heavy atom. The molecule has 1 fully saturated rings. The molecule has 1 unspecified atom stereocenters. The lowest BCUT2D eigenvalue weighted by atomic mass is 9.88. The molecule has 0 bridgehead atoms. The summed E-state index contributed by atoms with van der Waals surface area (Å²) in [6.45, 7) is -0.370. The number of ether oxygens (including phenoxy) is 1. The second-order valence-electron chi connectivity index (χ2n) is 4.37. The van der Waals surface area contributed by atoms with Gasteiger partial charge in [-0.05, 0) is 0 Å². The van der Waals surface area contributed by atoms with Gasteiger partial charge >= 0.3 is 13.4 Å². The van der Waals surface area contributed by atoms with Crippen LogP contribution >= 0.6 is 0 Å². The second-order valence-corrected chi connectivity index (χ2v) is 4.37. The standard InChI is InChI=1S/C10H13BN4O4/c12-5-11-15(2-1-8(13)14-10(15)18)9-3-6(17)7(4-16)19-9/h1-2,6-7,9,16-17H,3-4H2,(H2,13,14,18)/q+1/t6-,7+,9+,15?/m0/s1. The van der Waals surface area contributed by atoms with Crippen molar-refractivity contribution < 1.29 is 24.1 Å². The highest BCUT2D eigenvalue weighted by Crippen LogP contribution is 2.30. The minimum atomic E-state index is -0.903. The zero-order valence-electron chi connectivity index (χ0n) is 9.98. The Kier molecular flexibility index (Phi) is 3.68. The van der Waals surface area contributed by atoms with Gasteiger partial charge < -0.3 is 14.9 Å². The minimum Gasteiger partial charge on any atom is -0.394 e. The van der Waals surface area contributed by atoms with Crippen LogP contribution in [0.25, 0.3) is 0 Å². The summed E-state index contributed by atoms with van der Waals surface area (Å²) in [5.41, 5.74) is 0. The lowest BCUT2D eigenvalue weighted by molar-refractivity contribution is -0.743. The number of aliphatic hydroxyl groups is 2. The van der Waals surface area contributed by atoms with E-state index >= 15 is 0 Å². The minimum absolute atomic E-state index is 0.0812. The lowest BCUT2D eigenvalue weighted by Crippen LogP contribution is -2.64. The van der Waals surface area contributed by atoms with Gasteiger partial charge in [0, 0.05) is 6.08 Å². The van der Waals surface area contributed by atoms with Crippen LogP contribution < -0.4 is 5.32 Å². The van der Waals surface area contributed by atoms with Crippen molar-refractivity contribution in [3.05, 3.63) is 12.3 Å². The van der Waals surface area contributed by atoms with Gasteiger partial charge in [0.15, 0.2) is 6.23 Å². The summed E-state index contributed by atoms with van der Waals surface area (Å²) in [4.78, 5) is 12.1. The third kappa shape index (κ3) is 2.26. The molecule has 0 aliphatic carbocycles. The molecule has 1 radical (unpaired) electrons. The number of quaternary nitrogens is 1. The number of nitrogens with zero attached hydrogens (tertiary/aromatic N) is 2. The maximum atomic E-state index is 12.1. The molecule has 1 saturated heterocycles. The number of urea groups is 1. The first kappa shape index (κ1) is 13.7. The quantitative estimate of drug-likeness (QED) is 0.465. The van der Waals surface area contributed by atoms with Gasteiger partial charge in [-0.25, -0.2) is 14.5 Å². The smallest absolute Gasteiger partial charge is 0.394 e. The summed E-state index contributed by atoms with van der Waals surface area (Å²) in [6, 6.07) is -0.607. The third-order valence-corrected chi connectivity index (χ3v) is 3.21. The summed E-state index contributed by atoms with van der Waals surface area (Å²) in [6.07, 6.45) is 0.318. The van der Waals surface area contributed by atoms with Crippen LogP contribution in [0.4, 0.5) is 4.79 Å². The molecule has 2 aliphatic heterocycles. The van der Waals surface area contributed by atoms with E-state index in [9.17, 15) is 9.90 Å². The second kappa shape index (κ2) is 5.10. The summed E-state index contributed by atoms with van der Waals surface area (Å²) in [5, 5.41) is 37.3. The number of hydrogen-bond acceptors (Lipinski definition) is 6. The number of nitrogens with one attached hydrogen (secondary N) is 2. The Morgan fingerprint density at radius 1 is 1.74 bits per heavy atom. The van der Waals surface area contributed by atoms with E-state index in [2.05, 4.69) is 5.32 Å². The Bertz CT molecular complexity index is 477. The van der Waals surface area contributed by atoms with Crippen LogP contribution in [0.2, 0.25) is 0 Å². The molecule has 19 heavy (non-hydrogen) atoms. The maximum Gasteiger partial charge on any atom is 0.594 e. The van der Waals surface area contributed by atoms with Gasteiger partial charge in [-0.3, -0.25) is 10.7 Å². The molecule has 2 amide bonds. The fourth-order valence-electron chi connectivity index (χ4n) is 2.17. The van der Waals surface area contributed by atoms with Gasteiger partial charge in [-0.15, -0.1) is 0 Å². The van der Waals surface area contributed by atoms with Crippen molar-refractivity contribution in [2.75, 3.05) is 6.61 Å². The van der Waals surface area contributed by atoms with Crippen molar-refractivity contribution in [1.82, 2.24) is 5.32 Å². The number of hydrogen-bond donors (Lipinski definition) is 4. The van der Waals surface area contributed by atoms with Crippen molar-refractivity contribution in [1.29, 1.82) is 10.7 Å². The van der Waals surface area contributed by atoms with Crippen LogP contribution in [0.3, 0.4) is 0 Å². The zero-order chi connectivity index (χ0) is 14.0. The first-order chi connectivity index (χ1) is 9.03. The topological polar surface area (TPSA) is 126 Å². The van der Waals surface area contributed by atoms with Crippen LogP contribution in [-0.4, -0.2) is 58.9 Å². The molecular weight excluding hydrogens is 251 g/mol. The average molecular weight is 264 g/mol. The Labute approximate surface area is 110 Å². The number of nitriles is 1. The van der Waals surface area contributed by atoms with Crippen molar-refractivity contribution in [3.8, 4) is 5.97 Å². The molecule has 0 aromatic carbocycles. The third-order valence-electron chi connectivity index (χ3n) is 3.21. The zero-order valence-corrected chi connectivity index (χ0v) is 9.98. The molecule has 0 aromatic heterocycles. The highest BCUT2D eigenvalue weighted by atomic mass is 16.5. The van der Waals surface area contributed by atoms with Gasteiger partial charge in [0.05, 0.1) is 31.3 Å². The largest absolute Gasteiger partial charge is 0.594 e. The van der Waals surface area contributed by atoms with Crippen LogP contribution in [0.1, 0.15) is 6.42 Å². The van der Waals surface area contributed by atoms with E-state index in [-0.39, 0.29) is 18.9 Å². The van der Waals surface area contributed by atoms with E-state index in [1.54, 1.807) is 5.97 Å². The van der Waals surface area contributed by atoms with Crippen LogP contribution in [0, 0.1) is 16.6 Å². The number of carbonyl (C=O) groups excluding carboxylic acids is 1. The molecule has 4 atom stereocenters. The molecule has 4 N–H and O–H groups in total. The predicted molar refractivity (Wildman–Crippen MR) is 63.4 cm³/mol. The number of carbonyl (C=O) groups is 1. The molecule has 2 heterocycles. The van der Waals surface area contributed by atoms with Crippen LogP contribution in [-0.2, 0) is 4.74 Å². The molecular formula is C10H13BN4O4+. The van der Waals surface area contributed by atoms with E-state index in [0.29, 0.717) is 0 Å². The summed E-state index contributed by atoms with van der Waals surface area (Å²) >= 11 is 0. The van der Waals surface area contributed by atoms with Crippen LogP contribution in [0.15, 0.2) is 12.3 Å². The maximum absolute atomic E-state index is 12.1. The molecule has 0 aromatic rings. The fraction of sp³-hybridized carbons (Fsp3) is 0.500. The van der Waals surface area contributed by atoms with Crippen molar-refractivity contribution in [2.45, 2.75) is 24.9 Å². The first-order valence-electron chi connectivity index (χ1n) is 5.69. The normalized spacial score (nSPS) is 37.8. The monoisotopic (exact) mass is 264 g/mol. The molecule has 2 rings (SSSR count). The molecule has 99 valence electrons. The van der Waals surface area contributed by atoms with Crippen LogP contribution in [0.5, 0.6) is 0 Å². The lowest BCUT2D eigenvalue weighted by Gasteiger charge is -2.36. The molecule has 0 spiro atoms. The number of rotatable bonds is 3. The Balaban J connectivity index is 2.31. The average Bonchev–Trinajstić information content (AvgIpc) is 2.75. The van der Waals surface area contributed by atoms with E-state index in [1.807, 2.05) is 0 Å². The van der Waals surface area contributed by atoms with Crippen molar-refractivity contribution in [2.24, 2.45) is 0 Å². The Hall–Kier alpha value is -1.73. The molecule has 8 nitrogen and oxygen atoms in total. The van der Waals surface area contributed by atoms with E-state index in [1.165, 1.54) is 12.3 Å². The number of amides is 2. The van der Waals surface area contributed by atoms with Gasteiger partial charge in [0.2, 0.25) is 0 Å². The molecule has 0 saturated carbocycles. The number of amidine groups is 1. The van der Waals surface area contributed by atoms with Gasteiger partial charge in [-0.2, -0.15) is 0 Å². The molecule has 9 heteroatoms. The van der Waals surface area contributed by atoms with Gasteiger partial charge in [0.1, 0.15) is 11.9 Å². The van der Waals surface area contributed by atoms with Gasteiger partial charge in [0.25, 0.3) is 0 Å². The van der Waals surface area contributed by atoms with Gasteiger partial charge in [-0.1, -0.05) is 0 Å². The SMILES string of the molecule is N#C[B][N+]1([C@H]2C[C@H](O)[C@@H](CO)O2)C=CC(=N)NC1=O. The Morgan fingerprint density at radius 2 is 2.47 bits per heavy atom. The predicted octanol–water partition coefficient (Wildman–Crippen LogP) is -1.41. The number of aliphatic hydroxyl groups excluding tert-OH is 2. The first-order valence-corrected chi connectivity index (χ1v) is 5.69. The fourth-order valence-corrected chi connectivity index (χ4v) is 2.17. The summed E-state index contributed by atoms with van der Waals surface area (Å²) in [7, 11) is 1.06. The van der Waals surface area contributed by atoms with Crippen molar-refractivity contribution in [3.63, 3.8) is 0 Å². The highest BCUT2D eigenvalue weighted by molar-refractivity contribution is 6.40. The summed E-state index contributed by atoms with van der Waals surface area (Å²) in [5.74, 6) is 1.71. The van der Waals surface area contributed by atoms with E-state index < -0.39 is 28.9 Å². The van der Waals surface area contributed by atoms with Crippen molar-refractivity contribution >= 4 is 19.3 Å². The molecule has 2 aliphatic rings. The van der Waals surface area contributed by atoms with E-state index in [4.69, 9.17) is 20.5 Å². The highest BCUT2D eigenvalue weighted by Gasteiger charge is 2.53.